The van der Waals surface area contributed by atoms with E-state index < -0.39 is 0 Å². The zero-order chi connectivity index (χ0) is 11.5. The number of fused-ring (bicyclic) bond motifs is 1. The molecule has 1 aromatic rings. The predicted molar refractivity (Wildman–Crippen MR) is 69.9 cm³/mol. The fraction of sp³-hybridized carbons (Fsp3) is 0.538. The second-order valence-corrected chi connectivity index (χ2v) is 5.05. The van der Waals surface area contributed by atoms with E-state index in [1.807, 2.05) is 6.07 Å². The molecule has 0 aliphatic carbocycles. The van der Waals surface area contributed by atoms with Crippen molar-refractivity contribution in [1.29, 1.82) is 0 Å². The normalized spacial score (nSPS) is 16.3. The number of alkyl halides is 1. The Morgan fingerprint density at radius 3 is 3.00 bits per heavy atom. The highest BCUT2D eigenvalue weighted by Gasteiger charge is 2.21. The van der Waals surface area contributed by atoms with Crippen LogP contribution >= 0.6 is 15.9 Å². The van der Waals surface area contributed by atoms with Gasteiger partial charge in [0.1, 0.15) is 5.82 Å². The molecule has 1 aliphatic heterocycles. The summed E-state index contributed by atoms with van der Waals surface area (Å²) in [5, 5.41) is 1.02. The van der Waals surface area contributed by atoms with Crippen molar-refractivity contribution in [2.75, 3.05) is 23.3 Å². The SMILES string of the molecule is CCC(CBr)CN1CCc2ccc(F)cc21. The van der Waals surface area contributed by atoms with E-state index in [1.54, 1.807) is 12.1 Å². The van der Waals surface area contributed by atoms with Crippen LogP contribution in [0.1, 0.15) is 18.9 Å². The van der Waals surface area contributed by atoms with E-state index in [1.165, 1.54) is 5.56 Å². The molecule has 0 radical (unpaired) electrons. The van der Waals surface area contributed by atoms with Crippen LogP contribution < -0.4 is 4.90 Å². The summed E-state index contributed by atoms with van der Waals surface area (Å²) in [5.74, 6) is 0.520. The fourth-order valence-corrected chi connectivity index (χ4v) is 2.87. The molecule has 88 valence electrons. The summed E-state index contributed by atoms with van der Waals surface area (Å²) in [6.07, 6.45) is 2.21. The summed E-state index contributed by atoms with van der Waals surface area (Å²) in [5.41, 5.74) is 2.38. The first-order chi connectivity index (χ1) is 7.74. The van der Waals surface area contributed by atoms with Crippen LogP contribution in [0.4, 0.5) is 10.1 Å². The molecule has 1 aliphatic rings. The molecule has 1 unspecified atom stereocenters. The van der Waals surface area contributed by atoms with Crippen molar-refractivity contribution in [2.45, 2.75) is 19.8 Å². The third kappa shape index (κ3) is 2.40. The minimum Gasteiger partial charge on any atom is -0.371 e. The molecular formula is C13H17BrFN. The van der Waals surface area contributed by atoms with Gasteiger partial charge in [-0.1, -0.05) is 35.3 Å². The maximum atomic E-state index is 13.2. The van der Waals surface area contributed by atoms with Crippen LogP contribution in [0.3, 0.4) is 0 Å². The molecule has 0 amide bonds. The Bertz CT molecular complexity index is 363. The van der Waals surface area contributed by atoms with Crippen molar-refractivity contribution in [3.63, 3.8) is 0 Å². The van der Waals surface area contributed by atoms with Crippen molar-refractivity contribution in [3.05, 3.63) is 29.6 Å². The third-order valence-corrected chi connectivity index (χ3v) is 4.23. The van der Waals surface area contributed by atoms with Crippen LogP contribution in [0, 0.1) is 11.7 Å². The molecular weight excluding hydrogens is 269 g/mol. The van der Waals surface area contributed by atoms with Gasteiger partial charge in [0, 0.05) is 24.1 Å². The highest BCUT2D eigenvalue weighted by Crippen LogP contribution is 2.29. The van der Waals surface area contributed by atoms with Crippen molar-refractivity contribution < 1.29 is 4.39 Å². The van der Waals surface area contributed by atoms with E-state index in [2.05, 4.69) is 27.8 Å². The highest BCUT2D eigenvalue weighted by atomic mass is 79.9. The minimum atomic E-state index is -0.127. The predicted octanol–water partition coefficient (Wildman–Crippen LogP) is 3.61. The number of nitrogens with zero attached hydrogens (tertiary/aromatic N) is 1. The summed E-state index contributed by atoms with van der Waals surface area (Å²) in [6, 6.07) is 5.15. The molecule has 0 saturated carbocycles. The molecule has 1 nitrogen and oxygen atoms in total. The van der Waals surface area contributed by atoms with Gasteiger partial charge in [0.05, 0.1) is 0 Å². The summed E-state index contributed by atoms with van der Waals surface area (Å²) in [4.78, 5) is 2.31. The monoisotopic (exact) mass is 285 g/mol. The summed E-state index contributed by atoms with van der Waals surface area (Å²) >= 11 is 3.54. The number of halogens is 2. The topological polar surface area (TPSA) is 3.24 Å². The Morgan fingerprint density at radius 2 is 2.31 bits per heavy atom. The van der Waals surface area contributed by atoms with Gasteiger partial charge in [-0.15, -0.1) is 0 Å². The second kappa shape index (κ2) is 5.17. The summed E-state index contributed by atoms with van der Waals surface area (Å²) in [6.45, 7) is 4.26. The number of hydrogen-bond donors (Lipinski definition) is 0. The van der Waals surface area contributed by atoms with Gasteiger partial charge in [-0.25, -0.2) is 4.39 Å². The molecule has 0 N–H and O–H groups in total. The maximum absolute atomic E-state index is 13.2. The standard InChI is InChI=1S/C13H17BrFN/c1-2-10(8-14)9-16-6-5-11-3-4-12(15)7-13(11)16/h3-4,7,10H,2,5-6,8-9H2,1H3. The number of anilines is 1. The smallest absolute Gasteiger partial charge is 0.125 e. The summed E-state index contributed by atoms with van der Waals surface area (Å²) in [7, 11) is 0. The Labute approximate surface area is 105 Å². The van der Waals surface area contributed by atoms with Crippen LogP contribution in [0.5, 0.6) is 0 Å². The first kappa shape index (κ1) is 11.9. The zero-order valence-corrected chi connectivity index (χ0v) is 11.1. The molecule has 0 bridgehead atoms. The minimum absolute atomic E-state index is 0.127. The van der Waals surface area contributed by atoms with Crippen LogP contribution in [0.2, 0.25) is 0 Å². The third-order valence-electron chi connectivity index (χ3n) is 3.31. The molecule has 0 spiro atoms. The van der Waals surface area contributed by atoms with E-state index in [4.69, 9.17) is 0 Å². The molecule has 16 heavy (non-hydrogen) atoms. The van der Waals surface area contributed by atoms with Gasteiger partial charge < -0.3 is 4.90 Å². The average molecular weight is 286 g/mol. The molecule has 3 heteroatoms. The van der Waals surface area contributed by atoms with E-state index in [-0.39, 0.29) is 5.82 Å². The molecule has 0 saturated heterocycles. The molecule has 1 atom stereocenters. The van der Waals surface area contributed by atoms with Gasteiger partial charge in [-0.2, -0.15) is 0 Å². The molecule has 1 heterocycles. The van der Waals surface area contributed by atoms with Crippen LogP contribution in [-0.4, -0.2) is 18.4 Å². The zero-order valence-electron chi connectivity index (χ0n) is 9.55. The Morgan fingerprint density at radius 1 is 1.50 bits per heavy atom. The van der Waals surface area contributed by atoms with Crippen molar-refractivity contribution in [2.24, 2.45) is 5.92 Å². The van der Waals surface area contributed by atoms with Crippen LogP contribution in [0.15, 0.2) is 18.2 Å². The number of hydrogen-bond acceptors (Lipinski definition) is 1. The van der Waals surface area contributed by atoms with E-state index in [9.17, 15) is 4.39 Å². The quantitative estimate of drug-likeness (QED) is 0.764. The lowest BCUT2D eigenvalue weighted by atomic mass is 10.1. The van der Waals surface area contributed by atoms with E-state index in [0.717, 1.165) is 36.9 Å². The van der Waals surface area contributed by atoms with Crippen molar-refractivity contribution in [3.8, 4) is 0 Å². The lowest BCUT2D eigenvalue weighted by Crippen LogP contribution is -2.28. The van der Waals surface area contributed by atoms with Gasteiger partial charge in [0.15, 0.2) is 0 Å². The van der Waals surface area contributed by atoms with E-state index >= 15 is 0 Å². The molecule has 0 fully saturated rings. The highest BCUT2D eigenvalue weighted by molar-refractivity contribution is 9.09. The molecule has 2 rings (SSSR count). The van der Waals surface area contributed by atoms with E-state index in [0.29, 0.717) is 5.92 Å². The maximum Gasteiger partial charge on any atom is 0.125 e. The van der Waals surface area contributed by atoms with Gasteiger partial charge in [-0.3, -0.25) is 0 Å². The Kier molecular flexibility index (Phi) is 3.85. The number of benzene rings is 1. The lowest BCUT2D eigenvalue weighted by molar-refractivity contribution is 0.561. The van der Waals surface area contributed by atoms with Crippen molar-refractivity contribution in [1.82, 2.24) is 0 Å². The molecule has 1 aromatic carbocycles. The van der Waals surface area contributed by atoms with Gasteiger partial charge in [0.25, 0.3) is 0 Å². The average Bonchev–Trinajstić information content (AvgIpc) is 2.68. The van der Waals surface area contributed by atoms with Gasteiger partial charge in [0.2, 0.25) is 0 Å². The fourth-order valence-electron chi connectivity index (χ4n) is 2.21. The Hall–Kier alpha value is -0.570. The molecule has 0 aromatic heterocycles. The largest absolute Gasteiger partial charge is 0.371 e. The first-order valence-electron chi connectivity index (χ1n) is 5.84. The van der Waals surface area contributed by atoms with Gasteiger partial charge in [-0.05, 0) is 30.0 Å². The van der Waals surface area contributed by atoms with Crippen molar-refractivity contribution >= 4 is 21.6 Å². The second-order valence-electron chi connectivity index (χ2n) is 4.40. The van der Waals surface area contributed by atoms with Crippen LogP contribution in [0.25, 0.3) is 0 Å². The Balaban J connectivity index is 2.13. The summed E-state index contributed by atoms with van der Waals surface area (Å²) < 4.78 is 13.2. The number of rotatable bonds is 4. The first-order valence-corrected chi connectivity index (χ1v) is 6.96. The van der Waals surface area contributed by atoms with Crippen LogP contribution in [-0.2, 0) is 6.42 Å². The van der Waals surface area contributed by atoms with Gasteiger partial charge >= 0.3 is 0 Å². The lowest BCUT2D eigenvalue weighted by Gasteiger charge is -2.24.